The number of halogens is 1. The highest BCUT2D eigenvalue weighted by Gasteiger charge is 2.23. The van der Waals surface area contributed by atoms with E-state index in [1.54, 1.807) is 17.8 Å². The van der Waals surface area contributed by atoms with Crippen molar-refractivity contribution in [1.29, 1.82) is 0 Å². The normalized spacial score (nSPS) is 15.0. The van der Waals surface area contributed by atoms with Crippen molar-refractivity contribution in [1.82, 2.24) is 10.2 Å². The number of nitrogens with zero attached hydrogens (tertiary/aromatic N) is 1. The highest BCUT2D eigenvalue weighted by atomic mass is 32.2. The van der Waals surface area contributed by atoms with Gasteiger partial charge in [-0.3, -0.25) is 9.69 Å². The second-order valence-electron chi connectivity index (χ2n) is 10.1. The van der Waals surface area contributed by atoms with Crippen LogP contribution in [0.4, 0.5) is 4.39 Å². The van der Waals surface area contributed by atoms with Crippen molar-refractivity contribution in [2.24, 2.45) is 5.92 Å². The van der Waals surface area contributed by atoms with Gasteiger partial charge in [0.1, 0.15) is 12.7 Å². The Morgan fingerprint density at radius 3 is 2.54 bits per heavy atom. The molecule has 1 atom stereocenters. The fraction of sp³-hybridized carbons (Fsp3) is 0.533. The van der Waals surface area contributed by atoms with E-state index in [9.17, 15) is 19.1 Å². The third kappa shape index (κ3) is 8.85. The molecule has 5 nitrogen and oxygen atoms in total. The Labute approximate surface area is 225 Å². The Hall–Kier alpha value is -2.38. The van der Waals surface area contributed by atoms with Crippen molar-refractivity contribution in [3.05, 3.63) is 59.2 Å². The number of nitrogens with one attached hydrogen (secondary N) is 1. The van der Waals surface area contributed by atoms with E-state index in [1.165, 1.54) is 32.1 Å². The number of thioether (sulfide) groups is 1. The van der Waals surface area contributed by atoms with E-state index in [0.717, 1.165) is 41.1 Å². The molecular formula is C30H41FN2O3S. The maximum Gasteiger partial charge on any atom is 0.326 e. The van der Waals surface area contributed by atoms with Gasteiger partial charge in [-0.2, -0.15) is 11.8 Å². The van der Waals surface area contributed by atoms with Gasteiger partial charge >= 0.3 is 5.97 Å². The molecular weight excluding hydrogens is 487 g/mol. The minimum absolute atomic E-state index is 0.360. The Kier molecular flexibility index (Phi) is 11.9. The van der Waals surface area contributed by atoms with E-state index in [2.05, 4.69) is 10.2 Å². The van der Waals surface area contributed by atoms with Crippen LogP contribution in [0.2, 0.25) is 0 Å². The zero-order chi connectivity index (χ0) is 26.6. The summed E-state index contributed by atoms with van der Waals surface area (Å²) in [7, 11) is 0. The number of benzene rings is 2. The van der Waals surface area contributed by atoms with Gasteiger partial charge in [-0.1, -0.05) is 62.4 Å². The van der Waals surface area contributed by atoms with Crippen molar-refractivity contribution in [3.63, 3.8) is 0 Å². The van der Waals surface area contributed by atoms with Crippen molar-refractivity contribution >= 4 is 23.6 Å². The molecule has 0 bridgehead atoms. The summed E-state index contributed by atoms with van der Waals surface area (Å²) in [5.41, 5.74) is 4.21. The van der Waals surface area contributed by atoms with Crippen molar-refractivity contribution < 1.29 is 19.1 Å². The van der Waals surface area contributed by atoms with Crippen LogP contribution in [-0.4, -0.2) is 59.7 Å². The first-order valence-electron chi connectivity index (χ1n) is 13.4. The first kappa shape index (κ1) is 29.2. The summed E-state index contributed by atoms with van der Waals surface area (Å²) in [5, 5.41) is 12.3. The molecule has 0 spiro atoms. The zero-order valence-electron chi connectivity index (χ0n) is 22.2. The number of hydrogen-bond donors (Lipinski definition) is 2. The lowest BCUT2D eigenvalue weighted by Crippen LogP contribution is -2.41. The molecule has 0 heterocycles. The van der Waals surface area contributed by atoms with Crippen LogP contribution >= 0.6 is 11.8 Å². The molecule has 7 heteroatoms. The first-order valence-corrected chi connectivity index (χ1v) is 14.8. The highest BCUT2D eigenvalue weighted by molar-refractivity contribution is 7.98. The number of carbonyl (C=O) groups is 2. The van der Waals surface area contributed by atoms with Gasteiger partial charge in [-0.25, -0.2) is 9.18 Å². The molecule has 202 valence electrons. The maximum atomic E-state index is 13.4. The average molecular weight is 529 g/mol. The lowest BCUT2D eigenvalue weighted by molar-refractivity contribution is -0.139. The summed E-state index contributed by atoms with van der Waals surface area (Å²) in [6.45, 7) is 3.49. The van der Waals surface area contributed by atoms with Gasteiger partial charge in [0.05, 0.1) is 0 Å². The molecule has 1 fully saturated rings. The summed E-state index contributed by atoms with van der Waals surface area (Å²) in [4.78, 5) is 27.2. The van der Waals surface area contributed by atoms with Crippen molar-refractivity contribution in [2.75, 3.05) is 31.8 Å². The zero-order valence-corrected chi connectivity index (χ0v) is 23.0. The minimum atomic E-state index is -1.03. The van der Waals surface area contributed by atoms with Gasteiger partial charge < -0.3 is 10.4 Å². The van der Waals surface area contributed by atoms with Gasteiger partial charge in [0.25, 0.3) is 5.91 Å². The predicted molar refractivity (Wildman–Crippen MR) is 151 cm³/mol. The fourth-order valence-electron chi connectivity index (χ4n) is 5.20. The fourth-order valence-corrected chi connectivity index (χ4v) is 5.67. The van der Waals surface area contributed by atoms with E-state index in [1.807, 2.05) is 49.6 Å². The molecule has 1 amide bonds. The number of carbonyl (C=O) groups excluding carboxylic acids is 1. The minimum Gasteiger partial charge on any atom is -0.480 e. The molecule has 2 aromatic rings. The van der Waals surface area contributed by atoms with Crippen LogP contribution in [0.15, 0.2) is 42.5 Å². The van der Waals surface area contributed by atoms with Crippen LogP contribution < -0.4 is 5.32 Å². The molecule has 0 radical (unpaired) electrons. The number of aliphatic carboxylic acids is 1. The molecule has 1 unspecified atom stereocenters. The van der Waals surface area contributed by atoms with Gasteiger partial charge in [0.15, 0.2) is 0 Å². The summed E-state index contributed by atoms with van der Waals surface area (Å²) in [5.74, 6) is -0.0446. The monoisotopic (exact) mass is 528 g/mol. The lowest BCUT2D eigenvalue weighted by Gasteiger charge is -2.27. The molecule has 37 heavy (non-hydrogen) atoms. The van der Waals surface area contributed by atoms with Crippen LogP contribution in [0.3, 0.4) is 0 Å². The number of carboxylic acid groups (broad SMARTS) is 1. The van der Waals surface area contributed by atoms with E-state index >= 15 is 0 Å². The summed E-state index contributed by atoms with van der Waals surface area (Å²) < 4.78 is 13.4. The van der Waals surface area contributed by atoms with Crippen LogP contribution in [-0.2, 0) is 11.3 Å². The predicted octanol–water partition coefficient (Wildman–Crippen LogP) is 6.34. The molecule has 1 aliphatic rings. The number of rotatable bonds is 14. The Morgan fingerprint density at radius 1 is 1.11 bits per heavy atom. The van der Waals surface area contributed by atoms with Crippen LogP contribution in [0.1, 0.15) is 66.4 Å². The van der Waals surface area contributed by atoms with E-state index in [4.69, 9.17) is 0 Å². The average Bonchev–Trinajstić information content (AvgIpc) is 2.90. The molecule has 1 saturated carbocycles. The molecule has 3 rings (SSSR count). The second kappa shape index (κ2) is 15.1. The standard InChI is InChI=1S/C30H41FN2O3S/c1-22-8-6-7-11-25(22)27-20-24(21-33(18-16-31)17-14-23-9-4-3-5-10-23)12-13-26(27)29(34)32-28(30(35)36)15-19-37-2/h6-8,11-13,20,23,28H,3-5,9-10,14-19,21H2,1-2H3,(H,32,34)(H,35,36). The van der Waals surface area contributed by atoms with E-state index in [-0.39, 0.29) is 6.67 Å². The number of carboxylic acids is 1. The van der Waals surface area contributed by atoms with Crippen molar-refractivity contribution in [2.45, 2.75) is 64.5 Å². The number of amides is 1. The number of hydrogen-bond acceptors (Lipinski definition) is 4. The summed E-state index contributed by atoms with van der Waals surface area (Å²) in [6.07, 6.45) is 9.86. The summed E-state index contributed by atoms with van der Waals surface area (Å²) in [6, 6.07) is 12.7. The maximum absolute atomic E-state index is 13.4. The van der Waals surface area contributed by atoms with E-state index < -0.39 is 17.9 Å². The quantitative estimate of drug-likeness (QED) is 0.299. The Morgan fingerprint density at radius 2 is 1.86 bits per heavy atom. The van der Waals surface area contributed by atoms with Gasteiger partial charge in [0.2, 0.25) is 0 Å². The van der Waals surface area contributed by atoms with E-state index in [0.29, 0.717) is 30.8 Å². The van der Waals surface area contributed by atoms with Crippen LogP contribution in [0.5, 0.6) is 0 Å². The Bertz CT molecular complexity index is 1030. The third-order valence-corrected chi connectivity index (χ3v) is 8.01. The Balaban J connectivity index is 1.84. The largest absolute Gasteiger partial charge is 0.480 e. The summed E-state index contributed by atoms with van der Waals surface area (Å²) >= 11 is 1.55. The molecule has 0 saturated heterocycles. The molecule has 2 N–H and O–H groups in total. The van der Waals surface area contributed by atoms with Crippen molar-refractivity contribution in [3.8, 4) is 11.1 Å². The van der Waals surface area contributed by atoms with Crippen LogP contribution in [0.25, 0.3) is 11.1 Å². The van der Waals surface area contributed by atoms with Gasteiger partial charge in [0, 0.05) is 18.7 Å². The topological polar surface area (TPSA) is 69.6 Å². The third-order valence-electron chi connectivity index (χ3n) is 7.36. The second-order valence-corrected chi connectivity index (χ2v) is 11.1. The lowest BCUT2D eigenvalue weighted by atomic mass is 9.87. The molecule has 2 aromatic carbocycles. The van der Waals surface area contributed by atoms with Crippen LogP contribution in [0, 0.1) is 12.8 Å². The molecule has 0 aromatic heterocycles. The first-order chi connectivity index (χ1) is 17.9. The van der Waals surface area contributed by atoms with Gasteiger partial charge in [-0.15, -0.1) is 0 Å². The van der Waals surface area contributed by atoms with Gasteiger partial charge in [-0.05, 0) is 78.6 Å². The molecule has 0 aliphatic heterocycles. The number of aryl methyl sites for hydroxylation is 1. The molecule has 1 aliphatic carbocycles. The smallest absolute Gasteiger partial charge is 0.326 e. The highest BCUT2D eigenvalue weighted by Crippen LogP contribution is 2.30. The number of alkyl halides is 1. The SMILES string of the molecule is CSCCC(NC(=O)c1ccc(CN(CCF)CCC2CCCCC2)cc1-c1ccccc1C)C(=O)O.